The predicted octanol–water partition coefficient (Wildman–Crippen LogP) is 5.37. The highest BCUT2D eigenvalue weighted by molar-refractivity contribution is 7.99. The number of halogens is 3. The van der Waals surface area contributed by atoms with Crippen LogP contribution >= 0.6 is 11.8 Å². The third-order valence-electron chi connectivity index (χ3n) is 3.64. The van der Waals surface area contributed by atoms with Crippen molar-refractivity contribution in [3.8, 4) is 11.3 Å². The van der Waals surface area contributed by atoms with Gasteiger partial charge in [-0.2, -0.15) is 8.78 Å². The van der Waals surface area contributed by atoms with Gasteiger partial charge in [-0.1, -0.05) is 36.0 Å². The molecule has 8 heteroatoms. The second-order valence-electron chi connectivity index (χ2n) is 5.52. The number of aromatic nitrogens is 1. The number of carbonyl (C=O) groups excluding carboxylic acids is 1. The molecule has 0 aliphatic rings. The van der Waals surface area contributed by atoms with Crippen LogP contribution in [0.2, 0.25) is 0 Å². The van der Waals surface area contributed by atoms with Crippen molar-refractivity contribution in [3.63, 3.8) is 0 Å². The lowest BCUT2D eigenvalue weighted by Crippen LogP contribution is -2.13. The number of amides is 1. The maximum absolute atomic E-state index is 13.8. The third kappa shape index (κ3) is 5.13. The topological polar surface area (TPSA) is 55.1 Å². The number of hydrogen-bond acceptors (Lipinski definition) is 4. The maximum atomic E-state index is 13.8. The van der Waals surface area contributed by atoms with Crippen LogP contribution in [0.1, 0.15) is 12.3 Å². The Morgan fingerprint density at radius 3 is 2.67 bits per heavy atom. The molecular formula is C19H15F3N2O2S. The minimum atomic E-state index is -2.58. The molecule has 1 amide bonds. The molecule has 3 rings (SSSR count). The summed E-state index contributed by atoms with van der Waals surface area (Å²) >= 11 is 0.369. The molecule has 3 aromatic rings. The summed E-state index contributed by atoms with van der Waals surface area (Å²) in [6.45, 7) is 0. The Bertz CT molecular complexity index is 931. The van der Waals surface area contributed by atoms with Crippen molar-refractivity contribution in [1.29, 1.82) is 0 Å². The molecule has 140 valence electrons. The van der Waals surface area contributed by atoms with Crippen LogP contribution in [0, 0.1) is 5.82 Å². The highest BCUT2D eigenvalue weighted by Crippen LogP contribution is 2.31. The SMILES string of the molecule is O=C(CCc1ncc(-c2ccccc2F)o1)Nc1ccccc1SC(F)F. The zero-order chi connectivity index (χ0) is 19.2. The minimum absolute atomic E-state index is 0.0465. The Morgan fingerprint density at radius 2 is 1.89 bits per heavy atom. The molecule has 1 aromatic heterocycles. The summed E-state index contributed by atoms with van der Waals surface area (Å²) in [4.78, 5) is 16.5. The molecule has 0 saturated heterocycles. The average molecular weight is 392 g/mol. The van der Waals surface area contributed by atoms with Gasteiger partial charge in [0.1, 0.15) is 5.82 Å². The van der Waals surface area contributed by atoms with Gasteiger partial charge >= 0.3 is 0 Å². The molecule has 0 bridgehead atoms. The normalized spacial score (nSPS) is 11.0. The summed E-state index contributed by atoms with van der Waals surface area (Å²) in [6, 6.07) is 12.5. The van der Waals surface area contributed by atoms with Gasteiger partial charge in [-0.05, 0) is 24.3 Å². The van der Waals surface area contributed by atoms with E-state index in [9.17, 15) is 18.0 Å². The van der Waals surface area contributed by atoms with Crippen molar-refractivity contribution in [1.82, 2.24) is 4.98 Å². The summed E-state index contributed by atoms with van der Waals surface area (Å²) in [6.07, 6.45) is 1.65. The number of carbonyl (C=O) groups is 1. The van der Waals surface area contributed by atoms with Crippen molar-refractivity contribution in [2.45, 2.75) is 23.5 Å². The van der Waals surface area contributed by atoms with Crippen molar-refractivity contribution in [3.05, 3.63) is 66.4 Å². The van der Waals surface area contributed by atoms with Crippen LogP contribution in [0.5, 0.6) is 0 Å². The summed E-state index contributed by atoms with van der Waals surface area (Å²) in [5, 5.41) is 2.61. The Kier molecular flexibility index (Phi) is 6.18. The van der Waals surface area contributed by atoms with Gasteiger partial charge in [-0.25, -0.2) is 9.37 Å². The Hall–Kier alpha value is -2.74. The molecule has 0 atom stereocenters. The van der Waals surface area contributed by atoms with E-state index in [0.717, 1.165) is 0 Å². The number of aryl methyl sites for hydroxylation is 1. The van der Waals surface area contributed by atoms with Crippen LogP contribution in [0.4, 0.5) is 18.9 Å². The fraction of sp³-hybridized carbons (Fsp3) is 0.158. The summed E-state index contributed by atoms with van der Waals surface area (Å²) in [5.74, 6) is -2.79. The van der Waals surface area contributed by atoms with Crippen LogP contribution in [-0.2, 0) is 11.2 Å². The zero-order valence-corrected chi connectivity index (χ0v) is 14.8. The minimum Gasteiger partial charge on any atom is -0.441 e. The van der Waals surface area contributed by atoms with E-state index in [0.29, 0.717) is 33.8 Å². The van der Waals surface area contributed by atoms with Gasteiger partial charge in [0.05, 0.1) is 17.4 Å². The number of para-hydroxylation sites is 1. The van der Waals surface area contributed by atoms with Crippen LogP contribution in [0.3, 0.4) is 0 Å². The van der Waals surface area contributed by atoms with Gasteiger partial charge in [-0.15, -0.1) is 0 Å². The lowest BCUT2D eigenvalue weighted by atomic mass is 10.2. The zero-order valence-electron chi connectivity index (χ0n) is 14.0. The largest absolute Gasteiger partial charge is 0.441 e. The van der Waals surface area contributed by atoms with E-state index in [1.165, 1.54) is 18.3 Å². The molecule has 0 aliphatic heterocycles. The van der Waals surface area contributed by atoms with Gasteiger partial charge in [0.25, 0.3) is 5.76 Å². The smallest absolute Gasteiger partial charge is 0.288 e. The number of nitrogens with one attached hydrogen (secondary N) is 1. The van der Waals surface area contributed by atoms with E-state index < -0.39 is 11.6 Å². The fourth-order valence-electron chi connectivity index (χ4n) is 2.41. The average Bonchev–Trinajstić information content (AvgIpc) is 3.10. The molecule has 1 heterocycles. The summed E-state index contributed by atoms with van der Waals surface area (Å²) in [7, 11) is 0. The number of anilines is 1. The van der Waals surface area contributed by atoms with Gasteiger partial charge in [0, 0.05) is 17.7 Å². The first-order valence-electron chi connectivity index (χ1n) is 8.06. The van der Waals surface area contributed by atoms with Crippen LogP contribution in [-0.4, -0.2) is 16.6 Å². The lowest BCUT2D eigenvalue weighted by Gasteiger charge is -2.09. The molecule has 0 spiro atoms. The van der Waals surface area contributed by atoms with Crippen LogP contribution in [0.15, 0.2) is 64.0 Å². The van der Waals surface area contributed by atoms with Crippen molar-refractivity contribution in [2.24, 2.45) is 0 Å². The number of hydrogen-bond donors (Lipinski definition) is 1. The fourth-order valence-corrected chi connectivity index (χ4v) is 3.01. The van der Waals surface area contributed by atoms with Crippen molar-refractivity contribution < 1.29 is 22.4 Å². The molecule has 2 aromatic carbocycles. The van der Waals surface area contributed by atoms with Gasteiger partial charge < -0.3 is 9.73 Å². The van der Waals surface area contributed by atoms with Crippen molar-refractivity contribution in [2.75, 3.05) is 5.32 Å². The quantitative estimate of drug-likeness (QED) is 0.550. The first-order valence-corrected chi connectivity index (χ1v) is 8.94. The van der Waals surface area contributed by atoms with E-state index in [1.54, 1.807) is 36.4 Å². The van der Waals surface area contributed by atoms with Crippen LogP contribution < -0.4 is 5.32 Å². The maximum Gasteiger partial charge on any atom is 0.288 e. The molecule has 1 N–H and O–H groups in total. The first kappa shape index (κ1) is 19.0. The molecule has 27 heavy (non-hydrogen) atoms. The van der Waals surface area contributed by atoms with E-state index in [-0.39, 0.29) is 24.5 Å². The molecule has 0 fully saturated rings. The van der Waals surface area contributed by atoms with E-state index in [1.807, 2.05) is 0 Å². The monoisotopic (exact) mass is 392 g/mol. The third-order valence-corrected chi connectivity index (χ3v) is 4.42. The second kappa shape index (κ2) is 8.77. The Labute approximate surface area is 157 Å². The second-order valence-corrected chi connectivity index (χ2v) is 6.55. The number of rotatable bonds is 7. The standard InChI is InChI=1S/C19H15F3N2O2S/c20-13-6-2-1-5-12(13)15-11-23-18(26-15)10-9-17(25)24-14-7-3-4-8-16(14)27-19(21)22/h1-8,11,19H,9-10H2,(H,24,25). The Morgan fingerprint density at radius 1 is 1.15 bits per heavy atom. The molecule has 0 aliphatic carbocycles. The van der Waals surface area contributed by atoms with E-state index >= 15 is 0 Å². The Balaban J connectivity index is 1.60. The summed E-state index contributed by atoms with van der Waals surface area (Å²) < 4.78 is 44.4. The highest BCUT2D eigenvalue weighted by atomic mass is 32.2. The molecule has 0 radical (unpaired) electrons. The van der Waals surface area contributed by atoms with Crippen molar-refractivity contribution >= 4 is 23.4 Å². The predicted molar refractivity (Wildman–Crippen MR) is 97.2 cm³/mol. The molecule has 0 unspecified atom stereocenters. The van der Waals surface area contributed by atoms with Gasteiger partial charge in [-0.3, -0.25) is 4.79 Å². The summed E-state index contributed by atoms with van der Waals surface area (Å²) in [5.41, 5.74) is 0.617. The first-order chi connectivity index (χ1) is 13.0. The number of oxazole rings is 1. The van der Waals surface area contributed by atoms with Gasteiger partial charge in [0.15, 0.2) is 11.7 Å². The number of alkyl halides is 2. The lowest BCUT2D eigenvalue weighted by molar-refractivity contribution is -0.116. The molecule has 0 saturated carbocycles. The molecule has 4 nitrogen and oxygen atoms in total. The number of nitrogens with zero attached hydrogens (tertiary/aromatic N) is 1. The van der Waals surface area contributed by atoms with Gasteiger partial charge in [0.2, 0.25) is 5.91 Å². The molecular weight excluding hydrogens is 377 g/mol. The van der Waals surface area contributed by atoms with Crippen LogP contribution in [0.25, 0.3) is 11.3 Å². The number of thioether (sulfide) groups is 1. The number of benzene rings is 2. The highest BCUT2D eigenvalue weighted by Gasteiger charge is 2.14. The van der Waals surface area contributed by atoms with E-state index in [4.69, 9.17) is 4.42 Å². The van der Waals surface area contributed by atoms with E-state index in [2.05, 4.69) is 10.3 Å².